The predicted molar refractivity (Wildman–Crippen MR) is 82.4 cm³/mol. The van der Waals surface area contributed by atoms with E-state index in [1.165, 1.54) is 18.4 Å². The zero-order valence-corrected chi connectivity index (χ0v) is 13.1. The van der Waals surface area contributed by atoms with Gasteiger partial charge in [0.2, 0.25) is 0 Å². The molecule has 1 aliphatic carbocycles. The van der Waals surface area contributed by atoms with Crippen molar-refractivity contribution < 1.29 is 14.3 Å². The molecule has 2 rings (SSSR count). The number of ether oxygens (including phenoxy) is 1. The van der Waals surface area contributed by atoms with Crippen molar-refractivity contribution in [2.24, 2.45) is 5.41 Å². The van der Waals surface area contributed by atoms with Crippen molar-refractivity contribution in [3.8, 4) is 0 Å². The molecule has 0 saturated heterocycles. The fourth-order valence-electron chi connectivity index (χ4n) is 2.98. The van der Waals surface area contributed by atoms with Crippen LogP contribution >= 0.6 is 0 Å². The molecule has 1 fully saturated rings. The van der Waals surface area contributed by atoms with Gasteiger partial charge in [-0.3, -0.25) is 4.79 Å². The minimum Gasteiger partial charge on any atom is -0.460 e. The highest BCUT2D eigenvalue weighted by molar-refractivity contribution is 6.40. The molecule has 0 aromatic heterocycles. The molecule has 0 bridgehead atoms. The quantitative estimate of drug-likeness (QED) is 0.475. The lowest BCUT2D eigenvalue weighted by molar-refractivity contribution is -0.137. The molecule has 0 N–H and O–H groups in total. The SMILES string of the molecule is CCOC(=O)C(=O)c1cccc(C2CCC(C)(C)CC2)c1. The Morgan fingerprint density at radius 2 is 1.90 bits per heavy atom. The molecule has 3 heteroatoms. The van der Waals surface area contributed by atoms with Gasteiger partial charge in [0.15, 0.2) is 0 Å². The monoisotopic (exact) mass is 288 g/mol. The molecular weight excluding hydrogens is 264 g/mol. The van der Waals surface area contributed by atoms with Crippen LogP contribution in [0.15, 0.2) is 24.3 Å². The zero-order chi connectivity index (χ0) is 15.5. The number of esters is 1. The van der Waals surface area contributed by atoms with Crippen LogP contribution in [0.3, 0.4) is 0 Å². The number of Topliss-reactive ketones (excluding diaryl/α,β-unsaturated/α-hetero) is 1. The molecule has 3 nitrogen and oxygen atoms in total. The predicted octanol–water partition coefficient (Wildman–Crippen LogP) is 4.12. The first-order valence-corrected chi connectivity index (χ1v) is 7.74. The first-order valence-electron chi connectivity index (χ1n) is 7.74. The van der Waals surface area contributed by atoms with Gasteiger partial charge in [0.25, 0.3) is 5.78 Å². The summed E-state index contributed by atoms with van der Waals surface area (Å²) in [5.41, 5.74) is 2.03. The van der Waals surface area contributed by atoms with Gasteiger partial charge in [-0.05, 0) is 55.6 Å². The Hall–Kier alpha value is -1.64. The third-order valence-electron chi connectivity index (χ3n) is 4.42. The summed E-state index contributed by atoms with van der Waals surface area (Å²) in [5, 5.41) is 0. The van der Waals surface area contributed by atoms with Crippen LogP contribution in [-0.4, -0.2) is 18.4 Å². The van der Waals surface area contributed by atoms with E-state index in [0.717, 1.165) is 12.8 Å². The standard InChI is InChI=1S/C18H24O3/c1-4-21-17(20)16(19)15-7-5-6-14(12-15)13-8-10-18(2,3)11-9-13/h5-7,12-13H,4,8-11H2,1-3H3. The number of rotatable bonds is 4. The molecule has 0 atom stereocenters. The molecule has 1 saturated carbocycles. The highest BCUT2D eigenvalue weighted by Gasteiger charge is 2.28. The van der Waals surface area contributed by atoms with Crippen LogP contribution < -0.4 is 0 Å². The summed E-state index contributed by atoms with van der Waals surface area (Å²) in [6.45, 7) is 6.54. The van der Waals surface area contributed by atoms with E-state index < -0.39 is 11.8 Å². The molecule has 0 radical (unpaired) electrons. The van der Waals surface area contributed by atoms with Crippen molar-refractivity contribution in [2.45, 2.75) is 52.4 Å². The topological polar surface area (TPSA) is 43.4 Å². The number of hydrogen-bond acceptors (Lipinski definition) is 3. The van der Waals surface area contributed by atoms with Crippen LogP contribution in [-0.2, 0) is 9.53 Å². The molecule has 0 heterocycles. The van der Waals surface area contributed by atoms with E-state index in [1.807, 2.05) is 12.1 Å². The lowest BCUT2D eigenvalue weighted by Gasteiger charge is -2.34. The first-order chi connectivity index (χ1) is 9.93. The maximum Gasteiger partial charge on any atom is 0.379 e. The van der Waals surface area contributed by atoms with Crippen LogP contribution in [0.2, 0.25) is 0 Å². The van der Waals surface area contributed by atoms with Crippen molar-refractivity contribution in [3.63, 3.8) is 0 Å². The highest BCUT2D eigenvalue weighted by Crippen LogP contribution is 2.42. The summed E-state index contributed by atoms with van der Waals surface area (Å²) >= 11 is 0. The Balaban J connectivity index is 2.11. The third-order valence-corrected chi connectivity index (χ3v) is 4.42. The number of carbonyl (C=O) groups is 2. The van der Waals surface area contributed by atoms with Gasteiger partial charge in [0.05, 0.1) is 6.61 Å². The van der Waals surface area contributed by atoms with E-state index in [0.29, 0.717) is 16.9 Å². The normalized spacial score (nSPS) is 18.2. The zero-order valence-electron chi connectivity index (χ0n) is 13.1. The maximum absolute atomic E-state index is 12.0. The van der Waals surface area contributed by atoms with Crippen LogP contribution in [0.1, 0.15) is 68.3 Å². The van der Waals surface area contributed by atoms with E-state index in [1.54, 1.807) is 13.0 Å². The van der Waals surface area contributed by atoms with Crippen molar-refractivity contribution in [1.82, 2.24) is 0 Å². The maximum atomic E-state index is 12.0. The second-order valence-electron chi connectivity index (χ2n) is 6.61. The Morgan fingerprint density at radius 1 is 1.24 bits per heavy atom. The van der Waals surface area contributed by atoms with Crippen LogP contribution in [0.4, 0.5) is 0 Å². The summed E-state index contributed by atoms with van der Waals surface area (Å²) in [7, 11) is 0. The third kappa shape index (κ3) is 3.93. The van der Waals surface area contributed by atoms with Crippen molar-refractivity contribution in [3.05, 3.63) is 35.4 Å². The lowest BCUT2D eigenvalue weighted by Crippen LogP contribution is -2.21. The Kier molecular flexibility index (Phi) is 4.81. The highest BCUT2D eigenvalue weighted by atomic mass is 16.5. The van der Waals surface area contributed by atoms with Crippen LogP contribution in [0.5, 0.6) is 0 Å². The average Bonchev–Trinajstić information content (AvgIpc) is 2.47. The van der Waals surface area contributed by atoms with Gasteiger partial charge in [-0.15, -0.1) is 0 Å². The van der Waals surface area contributed by atoms with E-state index in [-0.39, 0.29) is 6.61 Å². The molecular formula is C18H24O3. The van der Waals surface area contributed by atoms with Gasteiger partial charge < -0.3 is 4.74 Å². The van der Waals surface area contributed by atoms with Crippen LogP contribution in [0.25, 0.3) is 0 Å². The first kappa shape index (κ1) is 15.7. The molecule has 0 amide bonds. The Bertz CT molecular complexity index is 521. The largest absolute Gasteiger partial charge is 0.460 e. The molecule has 0 aliphatic heterocycles. The second-order valence-corrected chi connectivity index (χ2v) is 6.61. The molecule has 1 aromatic rings. The fourth-order valence-corrected chi connectivity index (χ4v) is 2.98. The van der Waals surface area contributed by atoms with E-state index in [2.05, 4.69) is 19.9 Å². The van der Waals surface area contributed by atoms with Gasteiger partial charge in [-0.25, -0.2) is 4.79 Å². The molecule has 1 aliphatic rings. The minimum absolute atomic E-state index is 0.224. The van der Waals surface area contributed by atoms with Gasteiger partial charge in [-0.1, -0.05) is 32.0 Å². The summed E-state index contributed by atoms with van der Waals surface area (Å²) < 4.78 is 4.78. The smallest absolute Gasteiger partial charge is 0.379 e. The van der Waals surface area contributed by atoms with E-state index >= 15 is 0 Å². The molecule has 114 valence electrons. The van der Waals surface area contributed by atoms with Crippen LogP contribution in [0, 0.1) is 5.41 Å². The summed E-state index contributed by atoms with van der Waals surface area (Å²) in [6.07, 6.45) is 4.69. The Labute approximate surface area is 126 Å². The van der Waals surface area contributed by atoms with E-state index in [4.69, 9.17) is 4.74 Å². The minimum atomic E-state index is -0.764. The number of ketones is 1. The van der Waals surface area contributed by atoms with E-state index in [9.17, 15) is 9.59 Å². The lowest BCUT2D eigenvalue weighted by atomic mass is 9.71. The summed E-state index contributed by atoms with van der Waals surface area (Å²) in [5.74, 6) is -0.817. The van der Waals surface area contributed by atoms with Gasteiger partial charge in [0.1, 0.15) is 0 Å². The van der Waals surface area contributed by atoms with Gasteiger partial charge in [0, 0.05) is 5.56 Å². The average molecular weight is 288 g/mol. The number of carbonyl (C=O) groups excluding carboxylic acids is 2. The van der Waals surface area contributed by atoms with Crippen molar-refractivity contribution in [1.29, 1.82) is 0 Å². The molecule has 21 heavy (non-hydrogen) atoms. The number of hydrogen-bond donors (Lipinski definition) is 0. The van der Waals surface area contributed by atoms with Crippen molar-refractivity contribution in [2.75, 3.05) is 6.61 Å². The summed E-state index contributed by atoms with van der Waals surface area (Å²) in [4.78, 5) is 23.5. The molecule has 0 unspecified atom stereocenters. The summed E-state index contributed by atoms with van der Waals surface area (Å²) in [6, 6.07) is 7.48. The van der Waals surface area contributed by atoms with Gasteiger partial charge >= 0.3 is 5.97 Å². The molecule has 0 spiro atoms. The molecule has 1 aromatic carbocycles. The van der Waals surface area contributed by atoms with Crippen molar-refractivity contribution >= 4 is 11.8 Å². The van der Waals surface area contributed by atoms with Gasteiger partial charge in [-0.2, -0.15) is 0 Å². The fraction of sp³-hybridized carbons (Fsp3) is 0.556. The second kappa shape index (κ2) is 6.42. The Morgan fingerprint density at radius 3 is 2.52 bits per heavy atom. The number of benzene rings is 1.